The quantitative estimate of drug-likeness (QED) is 0.894. The average molecular weight is 306 g/mol. The van der Waals surface area contributed by atoms with E-state index in [9.17, 15) is 4.79 Å². The van der Waals surface area contributed by atoms with Gasteiger partial charge in [-0.05, 0) is 52.7 Å². The smallest absolute Gasteiger partial charge is 0.407 e. The minimum Gasteiger partial charge on any atom is -0.496 e. The Morgan fingerprint density at radius 2 is 1.91 bits per heavy atom. The van der Waals surface area contributed by atoms with Crippen molar-refractivity contribution in [2.45, 2.75) is 58.2 Å². The Labute approximate surface area is 132 Å². The lowest BCUT2D eigenvalue weighted by molar-refractivity contribution is 0.0475. The van der Waals surface area contributed by atoms with E-state index in [1.807, 2.05) is 45.9 Å². The molecule has 1 amide bonds. The molecule has 1 aromatic carbocycles. The van der Waals surface area contributed by atoms with E-state index >= 15 is 0 Å². The highest BCUT2D eigenvalue weighted by Gasteiger charge is 2.31. The molecule has 5 heteroatoms. The summed E-state index contributed by atoms with van der Waals surface area (Å²) in [6.45, 7) is 7.63. The van der Waals surface area contributed by atoms with E-state index in [4.69, 9.17) is 9.47 Å². The number of rotatable bonds is 4. The van der Waals surface area contributed by atoms with Crippen molar-refractivity contribution in [3.05, 3.63) is 23.8 Å². The predicted molar refractivity (Wildman–Crippen MR) is 87.5 cm³/mol. The monoisotopic (exact) mass is 306 g/mol. The Morgan fingerprint density at radius 1 is 1.23 bits per heavy atom. The zero-order valence-electron chi connectivity index (χ0n) is 14.0. The Hall–Kier alpha value is -1.91. The largest absolute Gasteiger partial charge is 0.496 e. The lowest BCUT2D eigenvalue weighted by atomic mass is 9.86. The molecule has 0 aliphatic heterocycles. The van der Waals surface area contributed by atoms with E-state index < -0.39 is 5.60 Å². The van der Waals surface area contributed by atoms with Gasteiger partial charge < -0.3 is 20.1 Å². The molecule has 0 unspecified atom stereocenters. The van der Waals surface area contributed by atoms with Gasteiger partial charge in [0.1, 0.15) is 11.4 Å². The molecule has 1 fully saturated rings. The summed E-state index contributed by atoms with van der Waals surface area (Å²) in [5.41, 5.74) is 1.73. The molecule has 0 radical (unpaired) electrons. The highest BCUT2D eigenvalue weighted by atomic mass is 16.6. The maximum atomic E-state index is 11.7. The maximum absolute atomic E-state index is 11.7. The van der Waals surface area contributed by atoms with E-state index in [1.165, 1.54) is 0 Å². The number of ether oxygens (including phenoxy) is 2. The first kappa shape index (κ1) is 16.5. The molecule has 0 atom stereocenters. The molecule has 0 spiro atoms. The molecule has 2 rings (SSSR count). The molecule has 0 bridgehead atoms. The van der Waals surface area contributed by atoms with Crippen molar-refractivity contribution in [3.8, 4) is 5.75 Å². The Kier molecular flexibility index (Phi) is 4.84. The lowest BCUT2D eigenvalue weighted by Gasteiger charge is -2.37. The first-order valence-electron chi connectivity index (χ1n) is 7.68. The number of anilines is 1. The van der Waals surface area contributed by atoms with Gasteiger partial charge in [-0.15, -0.1) is 0 Å². The summed E-state index contributed by atoms with van der Waals surface area (Å²) in [7, 11) is 1.68. The van der Waals surface area contributed by atoms with Gasteiger partial charge in [0, 0.05) is 23.3 Å². The summed E-state index contributed by atoms with van der Waals surface area (Å²) in [6.07, 6.45) is 1.46. The molecule has 1 aromatic rings. The molecule has 1 saturated carbocycles. The highest BCUT2D eigenvalue weighted by Crippen LogP contribution is 2.30. The van der Waals surface area contributed by atoms with Crippen molar-refractivity contribution in [1.82, 2.24) is 5.32 Å². The first-order chi connectivity index (χ1) is 10.3. The molecule has 0 heterocycles. The van der Waals surface area contributed by atoms with Gasteiger partial charge in [0.05, 0.1) is 7.11 Å². The molecule has 0 aromatic heterocycles. The summed E-state index contributed by atoms with van der Waals surface area (Å²) >= 11 is 0. The van der Waals surface area contributed by atoms with Gasteiger partial charge in [-0.1, -0.05) is 6.07 Å². The third kappa shape index (κ3) is 4.29. The van der Waals surface area contributed by atoms with Crippen molar-refractivity contribution in [2.75, 3.05) is 12.4 Å². The van der Waals surface area contributed by atoms with E-state index in [0.717, 1.165) is 29.8 Å². The van der Waals surface area contributed by atoms with Crippen molar-refractivity contribution in [1.29, 1.82) is 0 Å². The first-order valence-corrected chi connectivity index (χ1v) is 7.68. The van der Waals surface area contributed by atoms with Crippen LogP contribution in [0.2, 0.25) is 0 Å². The third-order valence-corrected chi connectivity index (χ3v) is 3.72. The molecule has 22 heavy (non-hydrogen) atoms. The van der Waals surface area contributed by atoms with Crippen LogP contribution in [0, 0.1) is 6.92 Å². The van der Waals surface area contributed by atoms with E-state index in [-0.39, 0.29) is 12.1 Å². The molecule has 5 nitrogen and oxygen atoms in total. The van der Waals surface area contributed by atoms with Crippen LogP contribution in [0.1, 0.15) is 39.2 Å². The number of amides is 1. The van der Waals surface area contributed by atoms with E-state index in [1.54, 1.807) is 7.11 Å². The number of methoxy groups -OCH3 is 1. The van der Waals surface area contributed by atoms with Gasteiger partial charge in [0.15, 0.2) is 0 Å². The van der Waals surface area contributed by atoms with Gasteiger partial charge in [0.2, 0.25) is 0 Å². The molecule has 0 saturated heterocycles. The van der Waals surface area contributed by atoms with Crippen LogP contribution in [0.5, 0.6) is 5.75 Å². The third-order valence-electron chi connectivity index (χ3n) is 3.72. The van der Waals surface area contributed by atoms with Crippen molar-refractivity contribution < 1.29 is 14.3 Å². The average Bonchev–Trinajstić information content (AvgIpc) is 2.36. The van der Waals surface area contributed by atoms with Crippen molar-refractivity contribution >= 4 is 11.8 Å². The minimum absolute atomic E-state index is 0.179. The second-order valence-corrected chi connectivity index (χ2v) is 6.79. The van der Waals surface area contributed by atoms with Crippen molar-refractivity contribution in [3.63, 3.8) is 0 Å². The molecular formula is C17H26N2O3. The number of hydrogen-bond donors (Lipinski definition) is 2. The fourth-order valence-corrected chi connectivity index (χ4v) is 2.54. The number of alkyl carbamates (subject to hydrolysis) is 1. The van der Waals surface area contributed by atoms with Crippen LogP contribution in [-0.4, -0.2) is 30.9 Å². The number of nitrogens with one attached hydrogen (secondary N) is 2. The van der Waals surface area contributed by atoms with Gasteiger partial charge in [0.25, 0.3) is 0 Å². The normalized spacial score (nSPS) is 20.8. The minimum atomic E-state index is -0.455. The number of hydrogen-bond acceptors (Lipinski definition) is 4. The number of carbonyl (C=O) groups is 1. The topological polar surface area (TPSA) is 59.6 Å². The lowest BCUT2D eigenvalue weighted by Crippen LogP contribution is -2.50. The number of benzene rings is 1. The van der Waals surface area contributed by atoms with Crippen LogP contribution in [0.3, 0.4) is 0 Å². The fourth-order valence-electron chi connectivity index (χ4n) is 2.54. The highest BCUT2D eigenvalue weighted by molar-refractivity contribution is 5.68. The second kappa shape index (κ2) is 6.46. The summed E-state index contributed by atoms with van der Waals surface area (Å²) in [4.78, 5) is 11.7. The van der Waals surface area contributed by atoms with Crippen LogP contribution < -0.4 is 15.4 Å². The molecule has 2 N–H and O–H groups in total. The van der Waals surface area contributed by atoms with E-state index in [2.05, 4.69) is 10.6 Å². The van der Waals surface area contributed by atoms with Crippen LogP contribution in [0.25, 0.3) is 0 Å². The predicted octanol–water partition coefficient (Wildman–Crippen LogP) is 3.47. The standard InChI is InChI=1S/C17H26N2O3/c1-11-14(7-6-8-15(11)21-5)18-12-9-13(10-12)19-16(20)22-17(2,3)4/h6-8,12-13,18H,9-10H2,1-5H3,(H,19,20). The summed E-state index contributed by atoms with van der Waals surface area (Å²) in [6, 6.07) is 6.52. The summed E-state index contributed by atoms with van der Waals surface area (Å²) in [5, 5.41) is 6.40. The van der Waals surface area contributed by atoms with Gasteiger partial charge >= 0.3 is 6.09 Å². The van der Waals surface area contributed by atoms with Crippen LogP contribution in [0.4, 0.5) is 10.5 Å². The van der Waals surface area contributed by atoms with Crippen LogP contribution in [0.15, 0.2) is 18.2 Å². The molecule has 122 valence electrons. The zero-order valence-corrected chi connectivity index (χ0v) is 14.0. The maximum Gasteiger partial charge on any atom is 0.407 e. The molecule has 1 aliphatic carbocycles. The van der Waals surface area contributed by atoms with Gasteiger partial charge in [-0.25, -0.2) is 4.79 Å². The Morgan fingerprint density at radius 3 is 2.50 bits per heavy atom. The zero-order chi connectivity index (χ0) is 16.3. The summed E-state index contributed by atoms with van der Waals surface area (Å²) in [5.74, 6) is 0.882. The SMILES string of the molecule is COc1cccc(NC2CC(NC(=O)OC(C)(C)C)C2)c1C. The second-order valence-electron chi connectivity index (χ2n) is 6.79. The molecular weight excluding hydrogens is 280 g/mol. The van der Waals surface area contributed by atoms with E-state index in [0.29, 0.717) is 6.04 Å². The Balaban J connectivity index is 1.79. The fraction of sp³-hybridized carbons (Fsp3) is 0.588. The number of carbonyl (C=O) groups excluding carboxylic acids is 1. The van der Waals surface area contributed by atoms with Crippen LogP contribution >= 0.6 is 0 Å². The summed E-state index contributed by atoms with van der Waals surface area (Å²) < 4.78 is 10.6. The van der Waals surface area contributed by atoms with Gasteiger partial charge in [-0.2, -0.15) is 0 Å². The Bertz CT molecular complexity index is 531. The molecule has 1 aliphatic rings. The van der Waals surface area contributed by atoms with Gasteiger partial charge in [-0.3, -0.25) is 0 Å². The van der Waals surface area contributed by atoms with Crippen molar-refractivity contribution in [2.24, 2.45) is 0 Å². The van der Waals surface area contributed by atoms with Crippen LogP contribution in [-0.2, 0) is 4.74 Å².